The van der Waals surface area contributed by atoms with Crippen LogP contribution in [0, 0.1) is 0 Å². The number of carbonyl (C=O) groups excluding carboxylic acids is 1. The van der Waals surface area contributed by atoms with E-state index in [1.54, 1.807) is 27.8 Å². The number of rotatable bonds is 6. The lowest BCUT2D eigenvalue weighted by Crippen LogP contribution is -2.29. The molecule has 2 aromatic carbocycles. The minimum atomic E-state index is -0.354. The van der Waals surface area contributed by atoms with Crippen LogP contribution in [0.1, 0.15) is 30.3 Å². The van der Waals surface area contributed by atoms with Crippen molar-refractivity contribution < 1.29 is 9.53 Å². The highest BCUT2D eigenvalue weighted by Crippen LogP contribution is 2.38. The Morgan fingerprint density at radius 1 is 1.19 bits per heavy atom. The molecule has 1 aliphatic heterocycles. The summed E-state index contributed by atoms with van der Waals surface area (Å²) < 4.78 is 7.14. The van der Waals surface area contributed by atoms with Crippen LogP contribution in [-0.4, -0.2) is 27.3 Å². The zero-order valence-corrected chi connectivity index (χ0v) is 19.4. The molecule has 5 rings (SSSR count). The normalized spacial score (nSPS) is 15.5. The van der Waals surface area contributed by atoms with Crippen LogP contribution in [0.5, 0.6) is 0 Å². The zero-order valence-electron chi connectivity index (χ0n) is 17.7. The van der Waals surface area contributed by atoms with Crippen LogP contribution in [0.15, 0.2) is 76.4 Å². The van der Waals surface area contributed by atoms with E-state index in [0.717, 1.165) is 16.3 Å². The number of thioether (sulfide) groups is 1. The van der Waals surface area contributed by atoms with E-state index in [9.17, 15) is 4.79 Å². The summed E-state index contributed by atoms with van der Waals surface area (Å²) in [4.78, 5) is 18.5. The SMILES string of the molecule is CCOC(=O)C1=C(C)Nc2nc(SCc3ccc4ccccc4c3)nn2[C@@H]1c1cccs1. The Morgan fingerprint density at radius 3 is 2.81 bits per heavy atom. The van der Waals surface area contributed by atoms with Crippen LogP contribution in [0.25, 0.3) is 10.8 Å². The zero-order chi connectivity index (χ0) is 22.1. The minimum absolute atomic E-state index is 0.323. The van der Waals surface area contributed by atoms with E-state index < -0.39 is 0 Å². The summed E-state index contributed by atoms with van der Waals surface area (Å²) in [7, 11) is 0. The van der Waals surface area contributed by atoms with Gasteiger partial charge in [-0.05, 0) is 41.6 Å². The first kappa shape index (κ1) is 20.8. The Hall–Kier alpha value is -3.10. The van der Waals surface area contributed by atoms with E-state index in [-0.39, 0.29) is 12.0 Å². The molecule has 2 aromatic heterocycles. The van der Waals surface area contributed by atoms with Crippen LogP contribution >= 0.6 is 23.1 Å². The summed E-state index contributed by atoms with van der Waals surface area (Å²) in [6.07, 6.45) is 0. The fourth-order valence-corrected chi connectivity index (χ4v) is 5.44. The summed E-state index contributed by atoms with van der Waals surface area (Å²) in [6, 6.07) is 18.5. The lowest BCUT2D eigenvalue weighted by atomic mass is 10.0. The van der Waals surface area contributed by atoms with Crippen molar-refractivity contribution >= 4 is 45.8 Å². The van der Waals surface area contributed by atoms with Gasteiger partial charge in [0.15, 0.2) is 0 Å². The molecule has 0 fully saturated rings. The van der Waals surface area contributed by atoms with Gasteiger partial charge in [-0.1, -0.05) is 60.3 Å². The van der Waals surface area contributed by atoms with Crippen molar-refractivity contribution in [3.05, 3.63) is 81.7 Å². The number of benzene rings is 2. The molecule has 4 aromatic rings. The maximum Gasteiger partial charge on any atom is 0.338 e. The topological polar surface area (TPSA) is 69.0 Å². The van der Waals surface area contributed by atoms with Gasteiger partial charge >= 0.3 is 5.97 Å². The van der Waals surface area contributed by atoms with Gasteiger partial charge in [-0.3, -0.25) is 0 Å². The first-order valence-electron chi connectivity index (χ1n) is 10.4. The Balaban J connectivity index is 1.43. The van der Waals surface area contributed by atoms with Gasteiger partial charge in [-0.25, -0.2) is 9.48 Å². The quantitative estimate of drug-likeness (QED) is 0.296. The van der Waals surface area contributed by atoms with E-state index in [1.807, 2.05) is 37.4 Å². The largest absolute Gasteiger partial charge is 0.463 e. The third-order valence-corrected chi connectivity index (χ3v) is 7.16. The smallest absolute Gasteiger partial charge is 0.338 e. The fourth-order valence-electron chi connectivity index (χ4n) is 3.85. The third-order valence-electron chi connectivity index (χ3n) is 5.32. The van der Waals surface area contributed by atoms with Crippen molar-refractivity contribution in [1.82, 2.24) is 14.8 Å². The molecular weight excluding hydrogens is 440 g/mol. The second-order valence-corrected chi connectivity index (χ2v) is 9.36. The Kier molecular flexibility index (Phi) is 5.71. The van der Waals surface area contributed by atoms with Gasteiger partial charge < -0.3 is 10.1 Å². The number of aromatic nitrogens is 3. The average Bonchev–Trinajstić information content (AvgIpc) is 3.46. The van der Waals surface area contributed by atoms with Gasteiger partial charge in [-0.2, -0.15) is 4.98 Å². The highest BCUT2D eigenvalue weighted by molar-refractivity contribution is 7.98. The molecule has 0 saturated heterocycles. The highest BCUT2D eigenvalue weighted by atomic mass is 32.2. The number of esters is 1. The van der Waals surface area contributed by atoms with Crippen LogP contribution in [0.3, 0.4) is 0 Å². The van der Waals surface area contributed by atoms with Gasteiger partial charge in [0.2, 0.25) is 11.1 Å². The van der Waals surface area contributed by atoms with Gasteiger partial charge in [0.05, 0.1) is 12.2 Å². The molecule has 0 radical (unpaired) electrons. The summed E-state index contributed by atoms with van der Waals surface area (Å²) in [5.74, 6) is 1.06. The molecule has 0 amide bonds. The maximum absolute atomic E-state index is 12.8. The molecule has 1 atom stereocenters. The molecule has 1 aliphatic rings. The van der Waals surface area contributed by atoms with Crippen LogP contribution in [-0.2, 0) is 15.3 Å². The van der Waals surface area contributed by atoms with Crippen molar-refractivity contribution in [3.8, 4) is 0 Å². The first-order chi connectivity index (χ1) is 15.6. The third kappa shape index (κ3) is 3.91. The van der Waals surface area contributed by atoms with E-state index in [0.29, 0.717) is 23.3 Å². The van der Waals surface area contributed by atoms with E-state index in [1.165, 1.54) is 16.3 Å². The Labute approximate surface area is 194 Å². The van der Waals surface area contributed by atoms with Crippen molar-refractivity contribution in [3.63, 3.8) is 0 Å². The summed E-state index contributed by atoms with van der Waals surface area (Å²) in [5.41, 5.74) is 2.52. The monoisotopic (exact) mass is 462 g/mol. The predicted molar refractivity (Wildman–Crippen MR) is 129 cm³/mol. The number of carbonyl (C=O) groups is 1. The van der Waals surface area contributed by atoms with Gasteiger partial charge in [0.25, 0.3) is 0 Å². The number of nitrogens with one attached hydrogen (secondary N) is 1. The lowest BCUT2D eigenvalue weighted by Gasteiger charge is -2.26. The van der Waals surface area contributed by atoms with E-state index in [2.05, 4.69) is 41.7 Å². The van der Waals surface area contributed by atoms with Gasteiger partial charge in [0, 0.05) is 16.3 Å². The summed E-state index contributed by atoms with van der Waals surface area (Å²) >= 11 is 3.17. The number of hydrogen-bond acceptors (Lipinski definition) is 7. The maximum atomic E-state index is 12.8. The molecule has 0 unspecified atom stereocenters. The van der Waals surface area contributed by atoms with Crippen LogP contribution in [0.4, 0.5) is 5.95 Å². The number of nitrogens with zero attached hydrogens (tertiary/aromatic N) is 3. The standard InChI is InChI=1S/C24H22N4O2S2/c1-3-30-22(29)20-15(2)25-23-26-24(27-28(23)21(20)19-9-6-12-31-19)32-14-16-10-11-17-7-4-5-8-18(17)13-16/h4-13,21H,3,14H2,1-2H3,(H,25,26,27)/t21-/m1/s1. The fraction of sp³-hybridized carbons (Fsp3) is 0.208. The van der Waals surface area contributed by atoms with Crippen LogP contribution in [0.2, 0.25) is 0 Å². The molecular formula is C24H22N4O2S2. The number of thiophene rings is 1. The van der Waals surface area contributed by atoms with Crippen molar-refractivity contribution in [2.45, 2.75) is 30.8 Å². The number of fused-ring (bicyclic) bond motifs is 2. The average molecular weight is 463 g/mol. The van der Waals surface area contributed by atoms with Gasteiger partial charge in [-0.15, -0.1) is 16.4 Å². The number of ether oxygens (including phenoxy) is 1. The number of anilines is 1. The highest BCUT2D eigenvalue weighted by Gasteiger charge is 2.35. The van der Waals surface area contributed by atoms with Crippen LogP contribution < -0.4 is 5.32 Å². The molecule has 1 N–H and O–H groups in total. The molecule has 6 nitrogen and oxygen atoms in total. The molecule has 3 heterocycles. The Bertz CT molecular complexity index is 1310. The predicted octanol–water partition coefficient (Wildman–Crippen LogP) is 5.64. The number of hydrogen-bond donors (Lipinski definition) is 1. The molecule has 0 saturated carbocycles. The molecule has 162 valence electrons. The first-order valence-corrected chi connectivity index (χ1v) is 12.3. The molecule has 0 bridgehead atoms. The molecule has 8 heteroatoms. The molecule has 0 spiro atoms. The Morgan fingerprint density at radius 2 is 2.03 bits per heavy atom. The van der Waals surface area contributed by atoms with Gasteiger partial charge in [0.1, 0.15) is 6.04 Å². The molecule has 32 heavy (non-hydrogen) atoms. The summed E-state index contributed by atoms with van der Waals surface area (Å²) in [6.45, 7) is 4.02. The van der Waals surface area contributed by atoms with Crippen molar-refractivity contribution in [2.75, 3.05) is 11.9 Å². The second kappa shape index (κ2) is 8.80. The minimum Gasteiger partial charge on any atom is -0.463 e. The van der Waals surface area contributed by atoms with Crippen molar-refractivity contribution in [1.29, 1.82) is 0 Å². The van der Waals surface area contributed by atoms with E-state index >= 15 is 0 Å². The van der Waals surface area contributed by atoms with E-state index in [4.69, 9.17) is 14.8 Å². The second-order valence-electron chi connectivity index (χ2n) is 7.43. The molecule has 0 aliphatic carbocycles. The number of allylic oxidation sites excluding steroid dienone is 1. The van der Waals surface area contributed by atoms with Crippen molar-refractivity contribution in [2.24, 2.45) is 0 Å². The lowest BCUT2D eigenvalue weighted by molar-refractivity contribution is -0.139. The summed E-state index contributed by atoms with van der Waals surface area (Å²) in [5, 5.41) is 13.1.